The van der Waals surface area contributed by atoms with Gasteiger partial charge in [0, 0.05) is 28.5 Å². The molecule has 10 heteroatoms. The Hall–Kier alpha value is -3.84. The average Bonchev–Trinajstić information content (AvgIpc) is 3.50. The lowest BCUT2D eigenvalue weighted by Gasteiger charge is -2.22. The Morgan fingerprint density at radius 3 is 3.03 bits per heavy atom. The first kappa shape index (κ1) is 21.4. The van der Waals surface area contributed by atoms with Gasteiger partial charge in [-0.2, -0.15) is 5.26 Å². The molecule has 9 nitrogen and oxygen atoms in total. The second-order valence-corrected chi connectivity index (χ2v) is 8.35. The molecule has 3 aromatic rings. The summed E-state index contributed by atoms with van der Waals surface area (Å²) in [4.78, 5) is 25.4. The first-order chi connectivity index (χ1) is 15.5. The predicted octanol–water partition coefficient (Wildman–Crippen LogP) is 3.94. The topological polar surface area (TPSA) is 130 Å². The third kappa shape index (κ3) is 4.90. The maximum absolute atomic E-state index is 12.3. The number of thiophene rings is 1. The molecule has 0 fully saturated rings. The molecule has 4 rings (SSSR count). The molecule has 1 atom stereocenters. The van der Waals surface area contributed by atoms with Crippen LogP contribution in [0, 0.1) is 18.3 Å². The van der Waals surface area contributed by atoms with Gasteiger partial charge in [0.1, 0.15) is 23.4 Å². The van der Waals surface area contributed by atoms with Crippen molar-refractivity contribution in [2.45, 2.75) is 38.8 Å². The summed E-state index contributed by atoms with van der Waals surface area (Å²) in [5.41, 5.74) is 3.65. The van der Waals surface area contributed by atoms with Crippen LogP contribution < -0.4 is 10.6 Å². The van der Waals surface area contributed by atoms with Gasteiger partial charge in [-0.15, -0.1) is 11.3 Å². The fraction of sp³-hybridized carbons (Fsp3) is 0.273. The van der Waals surface area contributed by atoms with Gasteiger partial charge in [-0.1, -0.05) is 5.16 Å². The second-order valence-electron chi connectivity index (χ2n) is 7.25. The van der Waals surface area contributed by atoms with Gasteiger partial charge >= 0.3 is 6.09 Å². The highest BCUT2D eigenvalue weighted by Gasteiger charge is 2.28. The summed E-state index contributed by atoms with van der Waals surface area (Å²) < 4.78 is 15.4. The van der Waals surface area contributed by atoms with Gasteiger partial charge in [0.15, 0.2) is 0 Å². The summed E-state index contributed by atoms with van der Waals surface area (Å²) in [6.07, 6.45) is 8.41. The molecule has 1 aliphatic rings. The van der Waals surface area contributed by atoms with Crippen LogP contribution in [-0.4, -0.2) is 23.3 Å². The van der Waals surface area contributed by atoms with E-state index < -0.39 is 6.09 Å². The molecule has 0 saturated heterocycles. The highest BCUT2D eigenvalue weighted by atomic mass is 32.1. The predicted molar refractivity (Wildman–Crippen MR) is 116 cm³/mol. The minimum absolute atomic E-state index is 0.270. The third-order valence-electron chi connectivity index (χ3n) is 5.09. The Morgan fingerprint density at radius 2 is 2.31 bits per heavy atom. The zero-order valence-electron chi connectivity index (χ0n) is 17.2. The number of aryl methyl sites for hydroxylation is 1. The molecule has 2 N–H and O–H groups in total. The van der Waals surface area contributed by atoms with E-state index in [-0.39, 0.29) is 18.6 Å². The minimum atomic E-state index is -0.519. The lowest BCUT2D eigenvalue weighted by atomic mass is 9.94. The van der Waals surface area contributed by atoms with Crippen molar-refractivity contribution in [1.29, 1.82) is 5.26 Å². The van der Waals surface area contributed by atoms with Crippen molar-refractivity contribution in [3.05, 3.63) is 63.8 Å². The average molecular weight is 452 g/mol. The van der Waals surface area contributed by atoms with Crippen LogP contribution in [0.25, 0.3) is 6.08 Å². The second kappa shape index (κ2) is 9.53. The number of alkyl carbamates (subject to hydrolysis) is 1. The van der Waals surface area contributed by atoms with Gasteiger partial charge in [-0.25, -0.2) is 4.79 Å². The van der Waals surface area contributed by atoms with E-state index in [1.807, 2.05) is 0 Å². The first-order valence-electron chi connectivity index (χ1n) is 9.93. The Kier molecular flexibility index (Phi) is 6.37. The lowest BCUT2D eigenvalue weighted by Crippen LogP contribution is -2.31. The summed E-state index contributed by atoms with van der Waals surface area (Å²) in [5, 5.41) is 19.4. The fourth-order valence-corrected chi connectivity index (χ4v) is 4.67. The SMILES string of the molecule is Cc1nocc1CNC(=O)OC1CCc2c(sc(NC(=O)C=Cc3ccoc3)c2C#N)C1. The molecule has 0 spiro atoms. The van der Waals surface area contributed by atoms with Crippen LogP contribution in [-0.2, 0) is 28.9 Å². The maximum Gasteiger partial charge on any atom is 0.407 e. The van der Waals surface area contributed by atoms with E-state index in [2.05, 4.69) is 21.9 Å². The van der Waals surface area contributed by atoms with Gasteiger partial charge in [-0.05, 0) is 37.5 Å². The number of ether oxygens (including phenoxy) is 1. The Balaban J connectivity index is 1.36. The van der Waals surface area contributed by atoms with Crippen LogP contribution in [0.2, 0.25) is 0 Å². The number of fused-ring (bicyclic) bond motifs is 1. The van der Waals surface area contributed by atoms with Gasteiger partial charge in [0.05, 0.1) is 30.3 Å². The Morgan fingerprint density at radius 1 is 1.44 bits per heavy atom. The quantitative estimate of drug-likeness (QED) is 0.542. The molecule has 0 bridgehead atoms. The van der Waals surface area contributed by atoms with E-state index >= 15 is 0 Å². The molecule has 3 aromatic heterocycles. The first-order valence-corrected chi connectivity index (χ1v) is 10.8. The third-order valence-corrected chi connectivity index (χ3v) is 6.25. The highest BCUT2D eigenvalue weighted by molar-refractivity contribution is 7.16. The van der Waals surface area contributed by atoms with Crippen molar-refractivity contribution in [2.75, 3.05) is 5.32 Å². The van der Waals surface area contributed by atoms with Gasteiger partial charge in [0.25, 0.3) is 0 Å². The van der Waals surface area contributed by atoms with Crippen LogP contribution in [0.3, 0.4) is 0 Å². The van der Waals surface area contributed by atoms with Crippen LogP contribution in [0.15, 0.2) is 39.9 Å². The fourth-order valence-electron chi connectivity index (χ4n) is 3.40. The zero-order valence-corrected chi connectivity index (χ0v) is 18.0. The van der Waals surface area contributed by atoms with Crippen LogP contribution in [0.5, 0.6) is 0 Å². The molecular formula is C22H20N4O5S. The van der Waals surface area contributed by atoms with Crippen molar-refractivity contribution in [2.24, 2.45) is 0 Å². The van der Waals surface area contributed by atoms with Gasteiger partial charge in [0.2, 0.25) is 5.91 Å². The number of nitriles is 1. The van der Waals surface area contributed by atoms with Gasteiger partial charge < -0.3 is 24.3 Å². The molecular weight excluding hydrogens is 432 g/mol. The molecule has 3 heterocycles. The molecule has 1 aliphatic carbocycles. The van der Waals surface area contributed by atoms with Crippen LogP contribution in [0.4, 0.5) is 9.80 Å². The summed E-state index contributed by atoms with van der Waals surface area (Å²) in [6.45, 7) is 2.06. The summed E-state index contributed by atoms with van der Waals surface area (Å²) >= 11 is 1.34. The molecule has 1 unspecified atom stereocenters. The van der Waals surface area contributed by atoms with Crippen molar-refractivity contribution < 1.29 is 23.3 Å². The van der Waals surface area contributed by atoms with E-state index in [0.29, 0.717) is 35.5 Å². The maximum atomic E-state index is 12.3. The minimum Gasteiger partial charge on any atom is -0.472 e. The number of aromatic nitrogens is 1. The highest BCUT2D eigenvalue weighted by Crippen LogP contribution is 2.38. The number of rotatable bonds is 6. The van der Waals surface area contributed by atoms with Crippen LogP contribution >= 0.6 is 11.3 Å². The number of anilines is 1. The van der Waals surface area contributed by atoms with E-state index in [1.165, 1.54) is 36.2 Å². The summed E-state index contributed by atoms with van der Waals surface area (Å²) in [6, 6.07) is 3.93. The number of furan rings is 1. The normalized spacial score (nSPS) is 15.2. The number of hydrogen-bond donors (Lipinski definition) is 2. The van der Waals surface area contributed by atoms with Crippen LogP contribution in [0.1, 0.15) is 39.2 Å². The molecule has 0 saturated carbocycles. The number of carbonyl (C=O) groups is 2. The van der Waals surface area contributed by atoms with Gasteiger partial charge in [-0.3, -0.25) is 4.79 Å². The zero-order chi connectivity index (χ0) is 22.5. The standard InChI is InChI=1S/C22H20N4O5S/c1-13-15(12-30-26-13)10-24-22(28)31-16-3-4-17-18(9-23)21(32-19(17)8-16)25-20(27)5-2-14-6-7-29-11-14/h2,5-7,11-12,16H,3-4,8,10H2,1H3,(H,24,28)(H,25,27). The molecule has 164 valence electrons. The monoisotopic (exact) mass is 452 g/mol. The van der Waals surface area contributed by atoms with E-state index in [1.54, 1.807) is 19.1 Å². The molecule has 0 aliphatic heterocycles. The number of carbonyl (C=O) groups excluding carboxylic acids is 2. The van der Waals surface area contributed by atoms with E-state index in [0.717, 1.165) is 21.6 Å². The molecule has 2 amide bonds. The lowest BCUT2D eigenvalue weighted by molar-refractivity contribution is -0.111. The van der Waals surface area contributed by atoms with E-state index in [4.69, 9.17) is 13.7 Å². The Bertz CT molecular complexity index is 1190. The number of nitrogens with zero attached hydrogens (tertiary/aromatic N) is 2. The molecule has 0 radical (unpaired) electrons. The number of hydrogen-bond acceptors (Lipinski definition) is 8. The largest absolute Gasteiger partial charge is 0.472 e. The molecule has 0 aromatic carbocycles. The van der Waals surface area contributed by atoms with Crippen molar-refractivity contribution in [1.82, 2.24) is 10.5 Å². The summed E-state index contributed by atoms with van der Waals surface area (Å²) in [5.74, 6) is -0.336. The number of nitrogens with one attached hydrogen (secondary N) is 2. The van der Waals surface area contributed by atoms with Crippen molar-refractivity contribution in [3.63, 3.8) is 0 Å². The smallest absolute Gasteiger partial charge is 0.407 e. The number of amides is 2. The van der Waals surface area contributed by atoms with E-state index in [9.17, 15) is 14.9 Å². The summed E-state index contributed by atoms with van der Waals surface area (Å²) in [7, 11) is 0. The Labute approximate surface area is 187 Å². The van der Waals surface area contributed by atoms with Crippen molar-refractivity contribution >= 4 is 34.4 Å². The van der Waals surface area contributed by atoms with Crippen molar-refractivity contribution in [3.8, 4) is 6.07 Å². The molecule has 32 heavy (non-hydrogen) atoms.